The lowest BCUT2D eigenvalue weighted by molar-refractivity contribution is -0.140. The van der Waals surface area contributed by atoms with E-state index in [0.717, 1.165) is 5.56 Å². The third-order valence-corrected chi connectivity index (χ3v) is 5.18. The number of hydrogen-bond donors (Lipinski definition) is 1. The molecular formula is C24H21NO5. The fraction of sp³-hybridized carbons (Fsp3) is 0.167. The molecule has 30 heavy (non-hydrogen) atoms. The van der Waals surface area contributed by atoms with Gasteiger partial charge < -0.3 is 19.2 Å². The summed E-state index contributed by atoms with van der Waals surface area (Å²) in [6, 6.07) is 17.0. The second-order valence-corrected chi connectivity index (χ2v) is 7.15. The van der Waals surface area contributed by atoms with E-state index < -0.39 is 17.7 Å². The van der Waals surface area contributed by atoms with Gasteiger partial charge in [0.25, 0.3) is 11.7 Å². The first-order valence-corrected chi connectivity index (χ1v) is 9.51. The molecule has 1 atom stereocenters. The lowest BCUT2D eigenvalue weighted by Crippen LogP contribution is -2.29. The van der Waals surface area contributed by atoms with E-state index >= 15 is 0 Å². The van der Waals surface area contributed by atoms with Gasteiger partial charge in [0.2, 0.25) is 0 Å². The van der Waals surface area contributed by atoms with Crippen molar-refractivity contribution >= 4 is 17.4 Å². The molecule has 1 N–H and O–H groups in total. The van der Waals surface area contributed by atoms with E-state index in [1.165, 1.54) is 11.2 Å². The summed E-state index contributed by atoms with van der Waals surface area (Å²) in [6.07, 6.45) is 1.51. The normalized spacial score (nSPS) is 18.1. The van der Waals surface area contributed by atoms with E-state index in [4.69, 9.17) is 9.15 Å². The minimum absolute atomic E-state index is 0.0451. The van der Waals surface area contributed by atoms with Crippen LogP contribution in [-0.2, 0) is 16.1 Å². The van der Waals surface area contributed by atoms with Crippen LogP contribution in [0.2, 0.25) is 0 Å². The number of ether oxygens (including phenoxy) is 1. The molecule has 0 radical (unpaired) electrons. The Bertz CT molecular complexity index is 1110. The number of Topliss-reactive ketones (excluding diaryl/α,β-unsaturated/α-hetero) is 1. The number of nitrogens with zero attached hydrogens (tertiary/aromatic N) is 1. The van der Waals surface area contributed by atoms with Gasteiger partial charge in [-0.15, -0.1) is 0 Å². The number of rotatable bonds is 5. The van der Waals surface area contributed by atoms with Crippen molar-refractivity contribution in [2.75, 3.05) is 7.11 Å². The number of likely N-dealkylation sites (tertiary alicyclic amines) is 1. The highest BCUT2D eigenvalue weighted by molar-refractivity contribution is 6.46. The smallest absolute Gasteiger partial charge is 0.296 e. The van der Waals surface area contributed by atoms with Gasteiger partial charge >= 0.3 is 0 Å². The van der Waals surface area contributed by atoms with Gasteiger partial charge in [-0.05, 0) is 36.8 Å². The maximum Gasteiger partial charge on any atom is 0.296 e. The number of ketones is 1. The van der Waals surface area contributed by atoms with Crippen LogP contribution in [0.3, 0.4) is 0 Å². The predicted molar refractivity (Wildman–Crippen MR) is 111 cm³/mol. The summed E-state index contributed by atoms with van der Waals surface area (Å²) in [5.74, 6) is -0.491. The van der Waals surface area contributed by atoms with Crippen molar-refractivity contribution in [3.05, 3.63) is 95.0 Å². The second kappa shape index (κ2) is 7.91. The van der Waals surface area contributed by atoms with E-state index in [1.54, 1.807) is 55.6 Å². The van der Waals surface area contributed by atoms with Crippen molar-refractivity contribution in [2.24, 2.45) is 0 Å². The van der Waals surface area contributed by atoms with Crippen LogP contribution in [0.15, 0.2) is 76.9 Å². The van der Waals surface area contributed by atoms with Crippen LogP contribution in [0.25, 0.3) is 5.76 Å². The van der Waals surface area contributed by atoms with Crippen molar-refractivity contribution < 1.29 is 23.8 Å². The molecule has 1 aliphatic rings. The molecule has 152 valence electrons. The topological polar surface area (TPSA) is 80.0 Å². The molecule has 2 aromatic carbocycles. The van der Waals surface area contributed by atoms with E-state index in [9.17, 15) is 14.7 Å². The first-order valence-electron chi connectivity index (χ1n) is 9.51. The fourth-order valence-corrected chi connectivity index (χ4v) is 3.64. The lowest BCUT2D eigenvalue weighted by atomic mass is 9.95. The fourth-order valence-electron chi connectivity index (χ4n) is 3.64. The third-order valence-electron chi connectivity index (χ3n) is 5.18. The molecule has 6 heteroatoms. The molecule has 1 aromatic heterocycles. The summed E-state index contributed by atoms with van der Waals surface area (Å²) in [5.41, 5.74) is 2.20. The number of carbonyl (C=O) groups is 2. The summed E-state index contributed by atoms with van der Waals surface area (Å²) in [4.78, 5) is 27.3. The molecular weight excluding hydrogens is 382 g/mol. The van der Waals surface area contributed by atoms with E-state index in [-0.39, 0.29) is 17.9 Å². The number of aliphatic hydroxyl groups is 1. The van der Waals surface area contributed by atoms with Gasteiger partial charge in [-0.3, -0.25) is 9.59 Å². The van der Waals surface area contributed by atoms with Crippen LogP contribution in [-0.4, -0.2) is 28.8 Å². The number of benzene rings is 2. The van der Waals surface area contributed by atoms with Crippen LogP contribution in [0, 0.1) is 6.92 Å². The Morgan fingerprint density at radius 3 is 2.53 bits per heavy atom. The standard InChI is InChI=1S/C24H21NO5/c1-15-8-10-16(11-9-15)22(26)20-21(17-5-3-6-18(13-17)29-2)25(24(28)23(20)27)14-19-7-4-12-30-19/h3-13,21,26H,14H2,1-2H3/b22-20+/t21-/m0/s1. The highest BCUT2D eigenvalue weighted by Crippen LogP contribution is 2.41. The summed E-state index contributed by atoms with van der Waals surface area (Å²) in [5, 5.41) is 11.0. The van der Waals surface area contributed by atoms with Gasteiger partial charge in [-0.2, -0.15) is 0 Å². The Balaban J connectivity index is 1.87. The minimum Gasteiger partial charge on any atom is -0.507 e. The van der Waals surface area contributed by atoms with Crippen LogP contribution < -0.4 is 4.74 Å². The SMILES string of the molecule is COc1cccc([C@H]2/C(=C(\O)c3ccc(C)cc3)C(=O)C(=O)N2Cc2ccco2)c1. The molecule has 2 heterocycles. The molecule has 0 unspecified atom stereocenters. The molecule has 1 aliphatic heterocycles. The molecule has 4 rings (SSSR count). The molecule has 6 nitrogen and oxygen atoms in total. The number of aryl methyl sites for hydroxylation is 1. The van der Waals surface area contributed by atoms with Crippen molar-refractivity contribution in [3.8, 4) is 5.75 Å². The van der Waals surface area contributed by atoms with Crippen molar-refractivity contribution in [1.82, 2.24) is 4.90 Å². The second-order valence-electron chi connectivity index (χ2n) is 7.15. The van der Waals surface area contributed by atoms with Crippen LogP contribution in [0.1, 0.15) is 28.5 Å². The minimum atomic E-state index is -0.772. The highest BCUT2D eigenvalue weighted by atomic mass is 16.5. The quantitative estimate of drug-likeness (QED) is 0.392. The summed E-state index contributed by atoms with van der Waals surface area (Å²) in [6.45, 7) is 2.03. The van der Waals surface area contributed by atoms with E-state index in [2.05, 4.69) is 0 Å². The van der Waals surface area contributed by atoms with E-state index in [1.807, 2.05) is 19.1 Å². The Kier molecular flexibility index (Phi) is 5.14. The number of methoxy groups -OCH3 is 1. The largest absolute Gasteiger partial charge is 0.507 e. The maximum absolute atomic E-state index is 13.0. The average Bonchev–Trinajstić information content (AvgIpc) is 3.36. The van der Waals surface area contributed by atoms with Crippen molar-refractivity contribution in [2.45, 2.75) is 19.5 Å². The van der Waals surface area contributed by atoms with Gasteiger partial charge in [0.1, 0.15) is 17.3 Å². The molecule has 1 saturated heterocycles. The Hall–Kier alpha value is -3.80. The zero-order valence-electron chi connectivity index (χ0n) is 16.7. The number of carbonyl (C=O) groups excluding carboxylic acids is 2. The van der Waals surface area contributed by atoms with Gasteiger partial charge in [-0.1, -0.05) is 42.0 Å². The monoisotopic (exact) mass is 403 g/mol. The summed E-state index contributed by atoms with van der Waals surface area (Å²) < 4.78 is 10.7. The Morgan fingerprint density at radius 1 is 1.10 bits per heavy atom. The van der Waals surface area contributed by atoms with Crippen LogP contribution in [0.5, 0.6) is 5.75 Å². The number of amides is 1. The average molecular weight is 403 g/mol. The van der Waals surface area contributed by atoms with E-state index in [0.29, 0.717) is 22.6 Å². The molecule has 1 fully saturated rings. The van der Waals surface area contributed by atoms with Gasteiger partial charge in [0.15, 0.2) is 0 Å². The lowest BCUT2D eigenvalue weighted by Gasteiger charge is -2.24. The first-order chi connectivity index (χ1) is 14.5. The first kappa shape index (κ1) is 19.5. The molecule has 0 spiro atoms. The van der Waals surface area contributed by atoms with Crippen LogP contribution in [0.4, 0.5) is 0 Å². The van der Waals surface area contributed by atoms with Crippen molar-refractivity contribution in [1.29, 1.82) is 0 Å². The zero-order valence-corrected chi connectivity index (χ0v) is 16.7. The predicted octanol–water partition coefficient (Wildman–Crippen LogP) is 4.22. The molecule has 0 saturated carbocycles. The molecule has 1 amide bonds. The summed E-state index contributed by atoms with van der Waals surface area (Å²) >= 11 is 0. The molecule has 0 bridgehead atoms. The van der Waals surface area contributed by atoms with Crippen molar-refractivity contribution in [3.63, 3.8) is 0 Å². The molecule has 0 aliphatic carbocycles. The maximum atomic E-state index is 13.0. The Labute approximate surface area is 174 Å². The number of hydrogen-bond acceptors (Lipinski definition) is 5. The third kappa shape index (κ3) is 3.48. The van der Waals surface area contributed by atoms with Crippen LogP contribution >= 0.6 is 0 Å². The zero-order chi connectivity index (χ0) is 21.3. The number of aliphatic hydroxyl groups excluding tert-OH is 1. The van der Waals surface area contributed by atoms with Gasteiger partial charge in [0, 0.05) is 5.56 Å². The van der Waals surface area contributed by atoms with Gasteiger partial charge in [-0.25, -0.2) is 0 Å². The molecule has 3 aromatic rings. The number of furan rings is 1. The Morgan fingerprint density at radius 2 is 1.87 bits per heavy atom. The van der Waals surface area contributed by atoms with Gasteiger partial charge in [0.05, 0.1) is 31.5 Å². The highest BCUT2D eigenvalue weighted by Gasteiger charge is 2.46. The summed E-state index contributed by atoms with van der Waals surface area (Å²) in [7, 11) is 1.55.